The van der Waals surface area contributed by atoms with Crippen molar-refractivity contribution in [2.75, 3.05) is 44.3 Å². The average molecular weight is 435 g/mol. The number of morpholine rings is 1. The summed E-state index contributed by atoms with van der Waals surface area (Å²) in [6.45, 7) is 3.75. The van der Waals surface area contributed by atoms with Gasteiger partial charge in [-0.25, -0.2) is 18.2 Å². The van der Waals surface area contributed by atoms with Crippen molar-refractivity contribution in [3.63, 3.8) is 0 Å². The van der Waals surface area contributed by atoms with Crippen LogP contribution in [0.3, 0.4) is 0 Å². The van der Waals surface area contributed by atoms with Crippen LogP contribution in [0.4, 0.5) is 18.3 Å². The Morgan fingerprint density at radius 2 is 1.83 bits per heavy atom. The topological polar surface area (TPSA) is 45.7 Å². The van der Waals surface area contributed by atoms with Crippen LogP contribution in [0.5, 0.6) is 0 Å². The number of carbonyl (C=O) groups excluding carboxylic acids is 1. The first-order valence-corrected chi connectivity index (χ1v) is 10.4. The van der Waals surface area contributed by atoms with Crippen molar-refractivity contribution in [2.24, 2.45) is 0 Å². The summed E-state index contributed by atoms with van der Waals surface area (Å²) in [6, 6.07) is 7.71. The Morgan fingerprint density at radius 1 is 1.10 bits per heavy atom. The second kappa shape index (κ2) is 9.11. The first-order chi connectivity index (χ1) is 14.5. The number of halogens is 3. The van der Waals surface area contributed by atoms with Crippen molar-refractivity contribution in [2.45, 2.75) is 6.42 Å². The number of hydrogen-bond acceptors (Lipinski definition) is 5. The van der Waals surface area contributed by atoms with Crippen LogP contribution in [0, 0.1) is 17.5 Å². The number of ether oxygens (including phenoxy) is 1. The molecule has 0 radical (unpaired) electrons. The molecule has 0 atom stereocenters. The van der Waals surface area contributed by atoms with Gasteiger partial charge in [0.2, 0.25) is 5.91 Å². The van der Waals surface area contributed by atoms with Crippen LogP contribution in [0.2, 0.25) is 0 Å². The summed E-state index contributed by atoms with van der Waals surface area (Å²) in [5.74, 6) is -2.06. The zero-order chi connectivity index (χ0) is 21.1. The largest absolute Gasteiger partial charge is 0.379 e. The predicted octanol–water partition coefficient (Wildman–Crippen LogP) is 3.62. The summed E-state index contributed by atoms with van der Waals surface area (Å²) in [5, 5.41) is 0.315. The van der Waals surface area contributed by atoms with E-state index in [1.807, 2.05) is 0 Å². The standard InChI is InChI=1S/C21H20F3N3O2S/c22-15-3-1-14(2-4-15)11-19(28)27(6-5-26-7-9-29-10-8-26)21-25-20-17(24)12-16(23)13-18(20)30-21/h1-4,12-13H,5-11H2. The van der Waals surface area contributed by atoms with E-state index in [4.69, 9.17) is 4.74 Å². The number of nitrogens with zero attached hydrogens (tertiary/aromatic N) is 3. The van der Waals surface area contributed by atoms with Gasteiger partial charge in [-0.3, -0.25) is 14.6 Å². The molecule has 1 aliphatic rings. The Kier molecular flexibility index (Phi) is 6.31. The van der Waals surface area contributed by atoms with E-state index in [0.29, 0.717) is 41.7 Å². The second-order valence-corrected chi connectivity index (χ2v) is 8.04. The zero-order valence-corrected chi connectivity index (χ0v) is 16.9. The van der Waals surface area contributed by atoms with Crippen LogP contribution in [0.1, 0.15) is 5.56 Å². The van der Waals surface area contributed by atoms with Gasteiger partial charge >= 0.3 is 0 Å². The van der Waals surface area contributed by atoms with Crippen LogP contribution in [0.25, 0.3) is 10.2 Å². The first kappa shape index (κ1) is 20.8. The highest BCUT2D eigenvalue weighted by Gasteiger charge is 2.23. The lowest BCUT2D eigenvalue weighted by atomic mass is 10.1. The Morgan fingerprint density at radius 3 is 2.57 bits per heavy atom. The van der Waals surface area contributed by atoms with Crippen molar-refractivity contribution < 1.29 is 22.7 Å². The molecule has 0 unspecified atom stereocenters. The number of fused-ring (bicyclic) bond motifs is 1. The predicted molar refractivity (Wildman–Crippen MR) is 109 cm³/mol. The molecular weight excluding hydrogens is 415 g/mol. The van der Waals surface area contributed by atoms with Gasteiger partial charge in [0.05, 0.1) is 24.3 Å². The number of carbonyl (C=O) groups is 1. The van der Waals surface area contributed by atoms with E-state index in [0.717, 1.165) is 30.5 Å². The summed E-state index contributed by atoms with van der Waals surface area (Å²) in [7, 11) is 0. The van der Waals surface area contributed by atoms with E-state index >= 15 is 0 Å². The number of amides is 1. The Balaban J connectivity index is 1.59. The minimum atomic E-state index is -0.758. The zero-order valence-electron chi connectivity index (χ0n) is 16.1. The molecule has 1 fully saturated rings. The Hall–Kier alpha value is -2.49. The van der Waals surface area contributed by atoms with Crippen molar-refractivity contribution in [1.82, 2.24) is 9.88 Å². The maximum Gasteiger partial charge on any atom is 0.233 e. The average Bonchev–Trinajstić information content (AvgIpc) is 3.14. The lowest BCUT2D eigenvalue weighted by Crippen LogP contribution is -2.43. The molecule has 0 N–H and O–H groups in total. The molecule has 2 heterocycles. The van der Waals surface area contributed by atoms with Crippen molar-refractivity contribution in [3.8, 4) is 0 Å². The highest BCUT2D eigenvalue weighted by molar-refractivity contribution is 7.22. The van der Waals surface area contributed by atoms with Crippen LogP contribution in [0.15, 0.2) is 36.4 Å². The third-order valence-electron chi connectivity index (χ3n) is 4.95. The number of thiazole rings is 1. The summed E-state index contributed by atoms with van der Waals surface area (Å²) >= 11 is 1.07. The molecule has 0 spiro atoms. The molecule has 1 aromatic heterocycles. The van der Waals surface area contributed by atoms with Gasteiger partial charge in [-0.2, -0.15) is 0 Å². The summed E-state index contributed by atoms with van der Waals surface area (Å²) in [6.07, 6.45) is 0.0517. The smallest absolute Gasteiger partial charge is 0.233 e. The number of benzene rings is 2. The molecule has 158 valence electrons. The number of rotatable bonds is 6. The van der Waals surface area contributed by atoms with Gasteiger partial charge in [-0.15, -0.1) is 0 Å². The van der Waals surface area contributed by atoms with Gasteiger partial charge in [-0.05, 0) is 23.8 Å². The van der Waals surface area contributed by atoms with Crippen LogP contribution < -0.4 is 4.90 Å². The molecule has 0 saturated carbocycles. The van der Waals surface area contributed by atoms with E-state index in [1.165, 1.54) is 23.1 Å². The van der Waals surface area contributed by atoms with Crippen LogP contribution in [-0.4, -0.2) is 55.2 Å². The number of aromatic nitrogens is 1. The lowest BCUT2D eigenvalue weighted by Gasteiger charge is -2.29. The van der Waals surface area contributed by atoms with Gasteiger partial charge in [-0.1, -0.05) is 23.5 Å². The number of hydrogen-bond donors (Lipinski definition) is 0. The van der Waals surface area contributed by atoms with Gasteiger partial charge in [0, 0.05) is 32.2 Å². The molecule has 9 heteroatoms. The highest BCUT2D eigenvalue weighted by atomic mass is 32.1. The molecule has 4 rings (SSSR count). The van der Waals surface area contributed by atoms with Gasteiger partial charge in [0.25, 0.3) is 0 Å². The van der Waals surface area contributed by atoms with Crippen molar-refractivity contribution in [1.29, 1.82) is 0 Å². The van der Waals surface area contributed by atoms with E-state index in [1.54, 1.807) is 12.1 Å². The third kappa shape index (κ3) is 4.80. The summed E-state index contributed by atoms with van der Waals surface area (Å²) in [4.78, 5) is 21.0. The minimum Gasteiger partial charge on any atom is -0.379 e. The van der Waals surface area contributed by atoms with Crippen molar-refractivity contribution in [3.05, 3.63) is 59.4 Å². The molecule has 3 aromatic rings. The maximum atomic E-state index is 14.1. The molecular formula is C21H20F3N3O2S. The summed E-state index contributed by atoms with van der Waals surface area (Å²) in [5.41, 5.74) is 0.707. The Labute approximate surface area is 175 Å². The van der Waals surface area contributed by atoms with E-state index in [2.05, 4.69) is 9.88 Å². The fourth-order valence-electron chi connectivity index (χ4n) is 3.33. The fraction of sp³-hybridized carbons (Fsp3) is 0.333. The highest BCUT2D eigenvalue weighted by Crippen LogP contribution is 2.31. The maximum absolute atomic E-state index is 14.1. The van der Waals surface area contributed by atoms with E-state index in [9.17, 15) is 18.0 Å². The van der Waals surface area contributed by atoms with Gasteiger partial charge in [0.15, 0.2) is 10.9 Å². The number of anilines is 1. The quantitative estimate of drug-likeness (QED) is 0.593. The van der Waals surface area contributed by atoms with E-state index in [-0.39, 0.29) is 23.7 Å². The van der Waals surface area contributed by atoms with Gasteiger partial charge in [0.1, 0.15) is 17.2 Å². The lowest BCUT2D eigenvalue weighted by molar-refractivity contribution is -0.118. The SMILES string of the molecule is O=C(Cc1ccc(F)cc1)N(CCN1CCOCC1)c1nc2c(F)cc(F)cc2s1. The molecule has 5 nitrogen and oxygen atoms in total. The van der Waals surface area contributed by atoms with Crippen LogP contribution >= 0.6 is 11.3 Å². The normalized spacial score (nSPS) is 14.9. The third-order valence-corrected chi connectivity index (χ3v) is 5.97. The molecule has 0 aliphatic carbocycles. The van der Waals surface area contributed by atoms with Gasteiger partial charge < -0.3 is 4.74 Å². The monoisotopic (exact) mass is 435 g/mol. The molecule has 1 saturated heterocycles. The fourth-order valence-corrected chi connectivity index (χ4v) is 4.37. The molecule has 1 amide bonds. The van der Waals surface area contributed by atoms with Crippen molar-refractivity contribution >= 4 is 32.6 Å². The summed E-state index contributed by atoms with van der Waals surface area (Å²) < 4.78 is 46.6. The second-order valence-electron chi connectivity index (χ2n) is 7.03. The minimum absolute atomic E-state index is 0.0438. The van der Waals surface area contributed by atoms with Crippen LogP contribution in [-0.2, 0) is 16.0 Å². The first-order valence-electron chi connectivity index (χ1n) is 9.60. The molecule has 0 bridgehead atoms. The Bertz CT molecular complexity index is 1040. The van der Waals surface area contributed by atoms with E-state index < -0.39 is 11.6 Å². The molecule has 1 aliphatic heterocycles. The molecule has 30 heavy (non-hydrogen) atoms. The molecule has 2 aromatic carbocycles.